The topological polar surface area (TPSA) is 267 Å². The number of imidazole rings is 1. The largest absolute Gasteiger partial charge is 0.394 e. The van der Waals surface area contributed by atoms with Gasteiger partial charge in [-0.15, -0.1) is 0 Å². The molecule has 0 amide bonds. The third-order valence-corrected chi connectivity index (χ3v) is 5.76. The first kappa shape index (κ1) is 22.5. The predicted molar refractivity (Wildman–Crippen MR) is 107 cm³/mol. The highest BCUT2D eigenvalue weighted by atomic mass is 16.8. The van der Waals surface area contributed by atoms with E-state index in [2.05, 4.69) is 15.0 Å². The first-order valence-corrected chi connectivity index (χ1v) is 9.78. The Bertz CT molecular complexity index is 1360. The van der Waals surface area contributed by atoms with E-state index >= 15 is 0 Å². The number of aromatic nitrogens is 4. The van der Waals surface area contributed by atoms with Gasteiger partial charge in [0.1, 0.15) is 18.3 Å². The number of fused-ring (bicyclic) bond motifs is 2. The molecule has 2 fully saturated rings. The van der Waals surface area contributed by atoms with E-state index in [1.54, 1.807) is 0 Å². The Kier molecular flexibility index (Phi) is 4.87. The van der Waals surface area contributed by atoms with Crippen molar-refractivity contribution in [1.29, 1.82) is 0 Å². The maximum Gasteiger partial charge on any atom is 0.356 e. The Morgan fingerprint density at radius 2 is 1.77 bits per heavy atom. The lowest BCUT2D eigenvalue weighted by molar-refractivity contribution is -0.522. The standard InChI is InChI=1S/C16H14N8O11/c17-15-19-12-9(13(26)20-15)18-4-21(12)14-11-10(6(3-25)33-14)34-16(35-11)7(23(29)30)1-5(22(27)28)2-8(16)24(31)32/h1-2,4-6,10-11,14,25H,3H2,(H3,17,19,20,26)/t5?,6-,10-,11-,14-,16?/m1/s1. The van der Waals surface area contributed by atoms with Crippen LogP contribution in [0.3, 0.4) is 0 Å². The van der Waals surface area contributed by atoms with Crippen molar-refractivity contribution in [2.75, 3.05) is 12.3 Å². The molecule has 19 nitrogen and oxygen atoms in total. The average molecular weight is 494 g/mol. The zero-order chi connectivity index (χ0) is 25.2. The van der Waals surface area contributed by atoms with Crippen LogP contribution in [0.15, 0.2) is 34.7 Å². The van der Waals surface area contributed by atoms with Gasteiger partial charge in [-0.2, -0.15) is 4.98 Å². The molecule has 4 heterocycles. The minimum absolute atomic E-state index is 0.0646. The minimum atomic E-state index is -2.75. The second-order valence-corrected chi connectivity index (χ2v) is 7.70. The van der Waals surface area contributed by atoms with Gasteiger partial charge in [0.25, 0.3) is 11.6 Å². The summed E-state index contributed by atoms with van der Waals surface area (Å²) in [6.07, 6.45) is -2.84. The zero-order valence-electron chi connectivity index (χ0n) is 17.1. The van der Waals surface area contributed by atoms with Crippen molar-refractivity contribution in [2.24, 2.45) is 0 Å². The number of nitrogens with zero attached hydrogens (tertiary/aromatic N) is 6. The summed E-state index contributed by atoms with van der Waals surface area (Å²) in [7, 11) is 0. The summed E-state index contributed by atoms with van der Waals surface area (Å²) in [6.45, 7) is -0.688. The maximum atomic E-state index is 12.1. The van der Waals surface area contributed by atoms with Crippen LogP contribution in [-0.4, -0.2) is 76.1 Å². The fraction of sp³-hybridized carbons (Fsp3) is 0.438. The molecule has 0 radical (unpaired) electrons. The fourth-order valence-corrected chi connectivity index (χ4v) is 4.33. The van der Waals surface area contributed by atoms with Gasteiger partial charge in [-0.1, -0.05) is 0 Å². The smallest absolute Gasteiger partial charge is 0.356 e. The summed E-state index contributed by atoms with van der Waals surface area (Å²) in [6, 6.07) is -1.88. The Labute approximate surface area is 190 Å². The number of aliphatic hydroxyl groups excluding tert-OH is 1. The van der Waals surface area contributed by atoms with Crippen molar-refractivity contribution >= 4 is 17.1 Å². The molecule has 184 valence electrons. The number of hydrogen-bond acceptors (Lipinski definition) is 14. The molecular formula is C16H14N8O11. The zero-order valence-corrected chi connectivity index (χ0v) is 17.1. The summed E-state index contributed by atoms with van der Waals surface area (Å²) >= 11 is 0. The third kappa shape index (κ3) is 3.17. The van der Waals surface area contributed by atoms with E-state index in [9.17, 15) is 40.2 Å². The number of aliphatic hydroxyl groups is 1. The van der Waals surface area contributed by atoms with Crippen LogP contribution in [0.1, 0.15) is 6.23 Å². The number of nitro groups is 3. The van der Waals surface area contributed by atoms with Crippen LogP contribution in [0.25, 0.3) is 11.2 Å². The highest BCUT2D eigenvalue weighted by Gasteiger charge is 2.70. The molecular weight excluding hydrogens is 480 g/mol. The normalized spacial score (nSPS) is 31.9. The molecule has 1 spiro atoms. The minimum Gasteiger partial charge on any atom is -0.394 e. The molecule has 4 N–H and O–H groups in total. The molecule has 3 aliphatic rings. The summed E-state index contributed by atoms with van der Waals surface area (Å²) in [5, 5.41) is 44.7. The number of H-pyrrole nitrogens is 1. The molecule has 0 unspecified atom stereocenters. The van der Waals surface area contributed by atoms with Gasteiger partial charge in [-0.05, 0) is 0 Å². The molecule has 0 saturated carbocycles. The van der Waals surface area contributed by atoms with Crippen LogP contribution in [-0.2, 0) is 14.2 Å². The van der Waals surface area contributed by atoms with E-state index in [0.29, 0.717) is 12.2 Å². The molecule has 2 aromatic heterocycles. The number of rotatable bonds is 5. The molecule has 5 rings (SSSR count). The monoisotopic (exact) mass is 494 g/mol. The van der Waals surface area contributed by atoms with Crippen LogP contribution in [0, 0.1) is 30.3 Å². The van der Waals surface area contributed by atoms with Crippen molar-refractivity contribution in [3.8, 4) is 0 Å². The molecule has 19 heteroatoms. The summed E-state index contributed by atoms with van der Waals surface area (Å²) < 4.78 is 18.4. The molecule has 2 saturated heterocycles. The number of aromatic amines is 1. The molecule has 2 aliphatic heterocycles. The van der Waals surface area contributed by atoms with Gasteiger partial charge < -0.3 is 25.1 Å². The molecule has 0 bridgehead atoms. The lowest BCUT2D eigenvalue weighted by atomic mass is 9.99. The number of ether oxygens (including phenoxy) is 3. The van der Waals surface area contributed by atoms with E-state index in [0.717, 1.165) is 6.33 Å². The van der Waals surface area contributed by atoms with Crippen molar-refractivity contribution < 1.29 is 34.1 Å². The number of hydrogen-bond donors (Lipinski definition) is 3. The Morgan fingerprint density at radius 1 is 1.14 bits per heavy atom. The number of nitrogens with two attached hydrogens (primary N) is 1. The maximum absolute atomic E-state index is 12.1. The lowest BCUT2D eigenvalue weighted by Crippen LogP contribution is -2.47. The Hall–Kier alpha value is -4.33. The highest BCUT2D eigenvalue weighted by Crippen LogP contribution is 2.50. The molecule has 1 aliphatic carbocycles. The van der Waals surface area contributed by atoms with Gasteiger partial charge in [-0.3, -0.25) is 44.7 Å². The van der Waals surface area contributed by atoms with Gasteiger partial charge in [0.2, 0.25) is 5.95 Å². The van der Waals surface area contributed by atoms with E-state index in [-0.39, 0.29) is 17.1 Å². The number of nitrogens with one attached hydrogen (secondary N) is 1. The van der Waals surface area contributed by atoms with Gasteiger partial charge in [0.05, 0.1) is 34.9 Å². The Morgan fingerprint density at radius 3 is 2.34 bits per heavy atom. The Balaban J connectivity index is 1.64. The summed E-state index contributed by atoms with van der Waals surface area (Å²) in [4.78, 5) is 54.1. The second-order valence-electron chi connectivity index (χ2n) is 7.70. The van der Waals surface area contributed by atoms with Crippen LogP contribution in [0.2, 0.25) is 0 Å². The predicted octanol–water partition coefficient (Wildman–Crippen LogP) is -1.95. The van der Waals surface area contributed by atoms with Crippen LogP contribution in [0.4, 0.5) is 5.95 Å². The first-order chi connectivity index (χ1) is 16.6. The van der Waals surface area contributed by atoms with Gasteiger partial charge >= 0.3 is 17.2 Å². The van der Waals surface area contributed by atoms with Crippen LogP contribution in [0.5, 0.6) is 0 Å². The molecule has 35 heavy (non-hydrogen) atoms. The van der Waals surface area contributed by atoms with Crippen molar-refractivity contribution in [3.05, 3.63) is 70.6 Å². The van der Waals surface area contributed by atoms with Gasteiger partial charge in [-0.25, -0.2) is 4.98 Å². The average Bonchev–Trinajstić information content (AvgIpc) is 3.45. The quantitative estimate of drug-likeness (QED) is 0.301. The molecule has 4 atom stereocenters. The van der Waals surface area contributed by atoms with E-state index in [4.69, 9.17) is 19.9 Å². The molecule has 2 aromatic rings. The first-order valence-electron chi connectivity index (χ1n) is 9.78. The van der Waals surface area contributed by atoms with Crippen molar-refractivity contribution in [2.45, 2.75) is 36.4 Å². The number of anilines is 1. The van der Waals surface area contributed by atoms with E-state index in [1.807, 2.05) is 0 Å². The lowest BCUT2D eigenvalue weighted by Gasteiger charge is -2.28. The van der Waals surface area contributed by atoms with Gasteiger partial charge in [0.15, 0.2) is 17.4 Å². The third-order valence-electron chi connectivity index (χ3n) is 5.76. The summed E-state index contributed by atoms with van der Waals surface area (Å²) in [5.41, 5.74) is 2.58. The van der Waals surface area contributed by atoms with Gasteiger partial charge in [0, 0.05) is 4.92 Å². The SMILES string of the molecule is Nc1nc2c(ncn2[C@@H]2O[C@H](CO)[C@H]3OC4(O[C@H]32)C([N+](=O)[O-])=CC([N+](=O)[O-])C=C4[N+](=O)[O-])c(=O)[nH]1. The summed E-state index contributed by atoms with van der Waals surface area (Å²) in [5.74, 6) is -3.00. The second kappa shape index (κ2) is 7.59. The van der Waals surface area contributed by atoms with Crippen LogP contribution >= 0.6 is 0 Å². The fourth-order valence-electron chi connectivity index (χ4n) is 4.33. The van der Waals surface area contributed by atoms with Crippen molar-refractivity contribution in [1.82, 2.24) is 19.5 Å². The number of nitrogen functional groups attached to an aromatic ring is 1. The molecule has 0 aromatic carbocycles. The van der Waals surface area contributed by atoms with Crippen molar-refractivity contribution in [3.63, 3.8) is 0 Å². The van der Waals surface area contributed by atoms with E-state index in [1.165, 1.54) is 4.57 Å². The van der Waals surface area contributed by atoms with Crippen LogP contribution < -0.4 is 11.3 Å². The highest BCUT2D eigenvalue weighted by molar-refractivity contribution is 5.70. The van der Waals surface area contributed by atoms with E-state index < -0.39 is 74.7 Å².